The second-order valence-corrected chi connectivity index (χ2v) is 3.60. The van der Waals surface area contributed by atoms with E-state index in [1.807, 2.05) is 0 Å². The Morgan fingerprint density at radius 3 is 2.27 bits per heavy atom. The summed E-state index contributed by atoms with van der Waals surface area (Å²) < 4.78 is 13.3. The molecule has 3 N–H and O–H groups in total. The number of nitrogens with two attached hydrogens (primary N) is 1. The minimum absolute atomic E-state index is 0.0137. The predicted octanol–water partition coefficient (Wildman–Crippen LogP) is 1.57. The van der Waals surface area contributed by atoms with Crippen molar-refractivity contribution < 1.29 is 14.3 Å². The maximum Gasteiger partial charge on any atom is 0.312 e. The van der Waals surface area contributed by atoms with E-state index in [9.17, 15) is 9.18 Å². The Labute approximate surface area is 87.7 Å². The standard InChI is InChI=1S/C11H14FNO2/c1-6-3-8(4-7(2)10(6)12)9(5-13)11(14)15/h3-4,9H,5,13H2,1-2H3,(H,14,15). The summed E-state index contributed by atoms with van der Waals surface area (Å²) in [5.74, 6) is -2.04. The van der Waals surface area contributed by atoms with E-state index >= 15 is 0 Å². The van der Waals surface area contributed by atoms with Gasteiger partial charge >= 0.3 is 5.97 Å². The van der Waals surface area contributed by atoms with Crippen LogP contribution in [-0.4, -0.2) is 17.6 Å². The summed E-state index contributed by atoms with van der Waals surface area (Å²) in [7, 11) is 0. The Bertz CT molecular complexity index is 367. The minimum Gasteiger partial charge on any atom is -0.481 e. The quantitative estimate of drug-likeness (QED) is 0.797. The lowest BCUT2D eigenvalue weighted by Gasteiger charge is -2.12. The van der Waals surface area contributed by atoms with Gasteiger partial charge in [0.25, 0.3) is 0 Å². The smallest absolute Gasteiger partial charge is 0.312 e. The molecule has 1 atom stereocenters. The second-order valence-electron chi connectivity index (χ2n) is 3.60. The Kier molecular flexibility index (Phi) is 3.42. The number of carboxylic acids is 1. The van der Waals surface area contributed by atoms with Crippen molar-refractivity contribution in [1.82, 2.24) is 0 Å². The first-order valence-corrected chi connectivity index (χ1v) is 4.67. The molecule has 0 saturated heterocycles. The molecule has 4 heteroatoms. The predicted molar refractivity (Wildman–Crippen MR) is 55.3 cm³/mol. The van der Waals surface area contributed by atoms with E-state index in [4.69, 9.17) is 10.8 Å². The minimum atomic E-state index is -0.983. The van der Waals surface area contributed by atoms with Crippen LogP contribution in [0.1, 0.15) is 22.6 Å². The maximum atomic E-state index is 13.3. The van der Waals surface area contributed by atoms with Gasteiger partial charge in [-0.2, -0.15) is 0 Å². The van der Waals surface area contributed by atoms with Crippen LogP contribution in [0.4, 0.5) is 4.39 Å². The molecule has 0 radical (unpaired) electrons. The van der Waals surface area contributed by atoms with Crippen molar-refractivity contribution in [2.45, 2.75) is 19.8 Å². The lowest BCUT2D eigenvalue weighted by molar-refractivity contribution is -0.138. The van der Waals surface area contributed by atoms with Crippen LogP contribution >= 0.6 is 0 Å². The molecule has 0 saturated carbocycles. The number of carboxylic acid groups (broad SMARTS) is 1. The van der Waals surface area contributed by atoms with Crippen LogP contribution in [0.3, 0.4) is 0 Å². The van der Waals surface area contributed by atoms with E-state index in [-0.39, 0.29) is 12.4 Å². The molecule has 0 spiro atoms. The van der Waals surface area contributed by atoms with Crippen molar-refractivity contribution in [1.29, 1.82) is 0 Å². The zero-order valence-corrected chi connectivity index (χ0v) is 8.75. The van der Waals surface area contributed by atoms with E-state index in [0.29, 0.717) is 16.7 Å². The first-order valence-electron chi connectivity index (χ1n) is 4.67. The van der Waals surface area contributed by atoms with Crippen molar-refractivity contribution in [3.05, 3.63) is 34.6 Å². The molecule has 3 nitrogen and oxygen atoms in total. The number of halogens is 1. The summed E-state index contributed by atoms with van der Waals surface area (Å²) in [6, 6.07) is 3.07. The summed E-state index contributed by atoms with van der Waals surface area (Å²) in [4.78, 5) is 10.9. The van der Waals surface area contributed by atoms with Gasteiger partial charge in [0, 0.05) is 6.54 Å². The Morgan fingerprint density at radius 1 is 1.47 bits per heavy atom. The highest BCUT2D eigenvalue weighted by Gasteiger charge is 2.19. The van der Waals surface area contributed by atoms with Crippen molar-refractivity contribution in [3.8, 4) is 0 Å². The SMILES string of the molecule is Cc1cc(C(CN)C(=O)O)cc(C)c1F. The first-order chi connectivity index (χ1) is 6.97. The zero-order valence-electron chi connectivity index (χ0n) is 8.75. The molecular weight excluding hydrogens is 197 g/mol. The van der Waals surface area contributed by atoms with Crippen molar-refractivity contribution in [2.75, 3.05) is 6.54 Å². The van der Waals surface area contributed by atoms with Gasteiger partial charge in [0.15, 0.2) is 0 Å². The number of carbonyl (C=O) groups is 1. The van der Waals surface area contributed by atoms with Gasteiger partial charge in [-0.25, -0.2) is 4.39 Å². The molecule has 0 fully saturated rings. The average Bonchev–Trinajstić information content (AvgIpc) is 2.14. The van der Waals surface area contributed by atoms with Gasteiger partial charge in [0.05, 0.1) is 5.92 Å². The van der Waals surface area contributed by atoms with Gasteiger partial charge in [0.1, 0.15) is 5.82 Å². The van der Waals surface area contributed by atoms with E-state index in [2.05, 4.69) is 0 Å². The maximum absolute atomic E-state index is 13.3. The van der Waals surface area contributed by atoms with Gasteiger partial charge < -0.3 is 10.8 Å². The van der Waals surface area contributed by atoms with Gasteiger partial charge in [-0.05, 0) is 30.5 Å². The molecule has 0 aromatic heterocycles. The number of hydrogen-bond acceptors (Lipinski definition) is 2. The van der Waals surface area contributed by atoms with E-state index < -0.39 is 11.9 Å². The lowest BCUT2D eigenvalue weighted by Crippen LogP contribution is -2.21. The molecule has 0 aliphatic rings. The molecule has 1 rings (SSSR count). The molecule has 0 aliphatic carbocycles. The highest BCUT2D eigenvalue weighted by atomic mass is 19.1. The molecule has 82 valence electrons. The largest absolute Gasteiger partial charge is 0.481 e. The normalized spacial score (nSPS) is 12.5. The summed E-state index contributed by atoms with van der Waals surface area (Å²) in [6.07, 6.45) is 0. The number of aliphatic carboxylic acids is 1. The summed E-state index contributed by atoms with van der Waals surface area (Å²) in [6.45, 7) is 3.24. The molecule has 0 aliphatic heterocycles. The highest BCUT2D eigenvalue weighted by Crippen LogP contribution is 2.21. The second kappa shape index (κ2) is 4.40. The Balaban J connectivity index is 3.20. The van der Waals surface area contributed by atoms with Gasteiger partial charge in [-0.3, -0.25) is 4.79 Å². The lowest BCUT2D eigenvalue weighted by atomic mass is 9.95. The van der Waals surface area contributed by atoms with E-state index in [0.717, 1.165) is 0 Å². The molecule has 0 heterocycles. The van der Waals surface area contributed by atoms with Crippen LogP contribution in [-0.2, 0) is 4.79 Å². The van der Waals surface area contributed by atoms with Crippen molar-refractivity contribution in [2.24, 2.45) is 5.73 Å². The topological polar surface area (TPSA) is 63.3 Å². The third kappa shape index (κ3) is 2.33. The van der Waals surface area contributed by atoms with Crippen LogP contribution in [0.25, 0.3) is 0 Å². The van der Waals surface area contributed by atoms with E-state index in [1.165, 1.54) is 12.1 Å². The van der Waals surface area contributed by atoms with E-state index in [1.54, 1.807) is 13.8 Å². The number of aryl methyl sites for hydroxylation is 2. The van der Waals surface area contributed by atoms with Gasteiger partial charge in [0.2, 0.25) is 0 Å². The summed E-state index contributed by atoms with van der Waals surface area (Å²) in [5, 5.41) is 8.90. The van der Waals surface area contributed by atoms with Crippen LogP contribution in [0.2, 0.25) is 0 Å². The molecule has 15 heavy (non-hydrogen) atoms. The van der Waals surface area contributed by atoms with Crippen molar-refractivity contribution in [3.63, 3.8) is 0 Å². The monoisotopic (exact) mass is 211 g/mol. The Hall–Kier alpha value is -1.42. The third-order valence-electron chi connectivity index (χ3n) is 2.39. The number of rotatable bonds is 3. The zero-order chi connectivity index (χ0) is 11.6. The number of hydrogen-bond donors (Lipinski definition) is 2. The molecule has 1 unspecified atom stereocenters. The molecule has 0 bridgehead atoms. The van der Waals surface area contributed by atoms with Crippen LogP contribution in [0.15, 0.2) is 12.1 Å². The summed E-state index contributed by atoms with van der Waals surface area (Å²) >= 11 is 0. The van der Waals surface area contributed by atoms with Gasteiger partial charge in [-0.15, -0.1) is 0 Å². The molecular formula is C11H14FNO2. The molecule has 1 aromatic carbocycles. The fraction of sp³-hybridized carbons (Fsp3) is 0.364. The molecule has 1 aromatic rings. The first kappa shape index (κ1) is 11.7. The summed E-state index contributed by atoms with van der Waals surface area (Å²) in [5.41, 5.74) is 6.82. The highest BCUT2D eigenvalue weighted by molar-refractivity contribution is 5.76. The third-order valence-corrected chi connectivity index (χ3v) is 2.39. The fourth-order valence-electron chi connectivity index (χ4n) is 1.56. The Morgan fingerprint density at radius 2 is 1.93 bits per heavy atom. The molecule has 0 amide bonds. The fourth-order valence-corrected chi connectivity index (χ4v) is 1.56. The van der Waals surface area contributed by atoms with Crippen LogP contribution in [0.5, 0.6) is 0 Å². The van der Waals surface area contributed by atoms with Crippen molar-refractivity contribution >= 4 is 5.97 Å². The average molecular weight is 211 g/mol. The van der Waals surface area contributed by atoms with Crippen LogP contribution in [0, 0.1) is 19.7 Å². The van der Waals surface area contributed by atoms with Crippen LogP contribution < -0.4 is 5.73 Å². The number of benzene rings is 1. The van der Waals surface area contributed by atoms with Gasteiger partial charge in [-0.1, -0.05) is 12.1 Å².